The lowest BCUT2D eigenvalue weighted by Crippen LogP contribution is -2.58. The Hall–Kier alpha value is -4.10. The molecule has 3 amide bonds. The van der Waals surface area contributed by atoms with Gasteiger partial charge in [0.2, 0.25) is 11.8 Å². The van der Waals surface area contributed by atoms with Gasteiger partial charge in [-0.15, -0.1) is 11.3 Å². The fourth-order valence-electron chi connectivity index (χ4n) is 6.39. The number of piperidine rings is 1. The summed E-state index contributed by atoms with van der Waals surface area (Å²) in [5, 5.41) is 17.4. The van der Waals surface area contributed by atoms with Crippen molar-refractivity contribution in [3.8, 4) is 0 Å². The monoisotopic (exact) mass is 725 g/mol. The number of thiazole rings is 1. The number of carbonyl (C=O) groups is 5. The molecule has 2 aromatic rings. The number of ether oxygens (including phenoxy) is 1. The molecule has 0 radical (unpaired) electrons. The molecule has 1 fully saturated rings. The molecule has 3 rings (SSSR count). The van der Waals surface area contributed by atoms with Gasteiger partial charge in [-0.2, -0.15) is 0 Å². The predicted octanol–water partition coefficient (Wildman–Crippen LogP) is 5.01. The maximum Gasteiger partial charge on any atom is 0.331 e. The van der Waals surface area contributed by atoms with Crippen molar-refractivity contribution < 1.29 is 33.8 Å². The number of rotatable bonds is 17. The highest BCUT2D eigenvalue weighted by Crippen LogP contribution is 2.31. The van der Waals surface area contributed by atoms with Crippen molar-refractivity contribution >= 4 is 41.0 Å². The molecule has 3 N–H and O–H groups in total. The summed E-state index contributed by atoms with van der Waals surface area (Å²) in [6, 6.07) is 7.39. The zero-order valence-corrected chi connectivity index (χ0v) is 32.0. The molecule has 0 bridgehead atoms. The molecule has 1 aliphatic rings. The number of carboxylic acid groups (broad SMARTS) is 1. The molecule has 6 atom stereocenters. The minimum Gasteiger partial charge on any atom is -0.478 e. The standard InChI is InChI=1S/C38H55N5O7S/c1-9-24(4)33(41-35(46)30-17-13-14-18-42(30)7)37(47)43(8)31(23(2)3)21-32(50-26(6)44)36-40-29(22-51-36)34(45)39-28(19-25(5)38(48)49)20-27-15-11-10-12-16-27/h10-12,15-16,19,22-24,28,30-33H,9,13-14,17-18,20-21H2,1-8H3,(H,39,45)(H,41,46)(H,48,49)/t24-,28+,30+,31+,32+,33-/m0/s1. The van der Waals surface area contributed by atoms with Crippen molar-refractivity contribution in [1.29, 1.82) is 0 Å². The van der Waals surface area contributed by atoms with E-state index >= 15 is 0 Å². The van der Waals surface area contributed by atoms with E-state index in [2.05, 4.69) is 15.6 Å². The first-order valence-corrected chi connectivity index (χ1v) is 18.7. The molecule has 51 heavy (non-hydrogen) atoms. The zero-order chi connectivity index (χ0) is 37.8. The van der Waals surface area contributed by atoms with E-state index in [1.54, 1.807) is 17.3 Å². The van der Waals surface area contributed by atoms with E-state index in [0.29, 0.717) is 17.8 Å². The van der Waals surface area contributed by atoms with Gasteiger partial charge in [0.15, 0.2) is 6.10 Å². The third kappa shape index (κ3) is 12.0. The molecular formula is C38H55N5O7S. The van der Waals surface area contributed by atoms with Gasteiger partial charge in [-0.05, 0) is 57.2 Å². The van der Waals surface area contributed by atoms with Crippen LogP contribution in [0.25, 0.3) is 0 Å². The Bertz CT molecular complexity index is 1530. The van der Waals surface area contributed by atoms with Crippen LogP contribution in [0.5, 0.6) is 0 Å². The number of likely N-dealkylation sites (N-methyl/N-ethyl adjacent to an activating group) is 2. The van der Waals surface area contributed by atoms with Crippen LogP contribution in [0.15, 0.2) is 47.4 Å². The summed E-state index contributed by atoms with van der Waals surface area (Å²) in [5.74, 6) is -2.65. The summed E-state index contributed by atoms with van der Waals surface area (Å²) >= 11 is 1.17. The molecule has 0 saturated carbocycles. The van der Waals surface area contributed by atoms with E-state index in [9.17, 15) is 29.1 Å². The van der Waals surface area contributed by atoms with Gasteiger partial charge < -0.3 is 25.4 Å². The predicted molar refractivity (Wildman–Crippen MR) is 197 cm³/mol. The highest BCUT2D eigenvalue weighted by Gasteiger charge is 2.37. The number of nitrogens with one attached hydrogen (secondary N) is 2. The highest BCUT2D eigenvalue weighted by molar-refractivity contribution is 7.09. The van der Waals surface area contributed by atoms with Gasteiger partial charge in [-0.1, -0.05) is 76.9 Å². The fourth-order valence-corrected chi connectivity index (χ4v) is 7.23. The topological polar surface area (TPSA) is 158 Å². The van der Waals surface area contributed by atoms with Gasteiger partial charge in [-0.25, -0.2) is 9.78 Å². The minimum absolute atomic E-state index is 0.0551. The third-order valence-electron chi connectivity index (χ3n) is 9.66. The number of carbonyl (C=O) groups excluding carboxylic acids is 4. The normalized spacial score (nSPS) is 18.2. The number of amides is 3. The molecule has 13 heteroatoms. The van der Waals surface area contributed by atoms with Crippen molar-refractivity contribution in [2.24, 2.45) is 11.8 Å². The molecule has 1 aliphatic heterocycles. The van der Waals surface area contributed by atoms with Crippen molar-refractivity contribution in [2.75, 3.05) is 20.6 Å². The van der Waals surface area contributed by atoms with E-state index in [-0.39, 0.29) is 47.4 Å². The Morgan fingerprint density at radius 1 is 1.10 bits per heavy atom. The van der Waals surface area contributed by atoms with Crippen molar-refractivity contribution in [2.45, 2.75) is 110 Å². The number of nitrogens with zero attached hydrogens (tertiary/aromatic N) is 3. The first-order chi connectivity index (χ1) is 24.1. The minimum atomic E-state index is -1.08. The van der Waals surface area contributed by atoms with Crippen LogP contribution in [0.3, 0.4) is 0 Å². The van der Waals surface area contributed by atoms with Gasteiger partial charge in [0, 0.05) is 37.4 Å². The van der Waals surface area contributed by atoms with Crippen LogP contribution in [0, 0.1) is 11.8 Å². The molecule has 0 spiro atoms. The largest absolute Gasteiger partial charge is 0.478 e. The van der Waals surface area contributed by atoms with Crippen molar-refractivity contribution in [3.05, 3.63) is 63.6 Å². The van der Waals surface area contributed by atoms with Gasteiger partial charge >= 0.3 is 11.9 Å². The van der Waals surface area contributed by atoms with E-state index in [1.165, 1.54) is 31.3 Å². The first kappa shape index (κ1) is 41.3. The molecule has 0 unspecified atom stereocenters. The van der Waals surface area contributed by atoms with Crippen LogP contribution >= 0.6 is 11.3 Å². The first-order valence-electron chi connectivity index (χ1n) is 17.8. The molecular weight excluding hydrogens is 671 g/mol. The lowest BCUT2D eigenvalue weighted by atomic mass is 9.92. The van der Waals surface area contributed by atoms with Gasteiger partial charge in [-0.3, -0.25) is 24.1 Å². The number of esters is 1. The molecule has 1 aromatic heterocycles. The Kier molecular flexibility index (Phi) is 15.8. The summed E-state index contributed by atoms with van der Waals surface area (Å²) in [6.07, 6.45) is 4.69. The molecule has 1 saturated heterocycles. The van der Waals surface area contributed by atoms with Gasteiger partial charge in [0.1, 0.15) is 16.7 Å². The summed E-state index contributed by atoms with van der Waals surface area (Å²) in [4.78, 5) is 73.1. The summed E-state index contributed by atoms with van der Waals surface area (Å²) < 4.78 is 5.75. The Balaban J connectivity index is 1.83. The number of likely N-dealkylation sites (tertiary alicyclic amines) is 1. The second kappa shape index (κ2) is 19.5. The number of aromatic nitrogens is 1. The fraction of sp³-hybridized carbons (Fsp3) is 0.579. The zero-order valence-electron chi connectivity index (χ0n) is 31.2. The van der Waals surface area contributed by atoms with Crippen LogP contribution < -0.4 is 10.6 Å². The Labute approximate surface area is 306 Å². The average Bonchev–Trinajstić information content (AvgIpc) is 3.59. The van der Waals surface area contributed by atoms with E-state index in [0.717, 1.165) is 31.4 Å². The van der Waals surface area contributed by atoms with Gasteiger partial charge in [0.05, 0.1) is 12.1 Å². The van der Waals surface area contributed by atoms with Crippen LogP contribution in [0.2, 0.25) is 0 Å². The number of hydrogen-bond acceptors (Lipinski definition) is 9. The van der Waals surface area contributed by atoms with E-state index < -0.39 is 42.1 Å². The van der Waals surface area contributed by atoms with E-state index in [4.69, 9.17) is 4.74 Å². The smallest absolute Gasteiger partial charge is 0.331 e. The van der Waals surface area contributed by atoms with Crippen LogP contribution in [0.1, 0.15) is 101 Å². The summed E-state index contributed by atoms with van der Waals surface area (Å²) in [6.45, 7) is 11.5. The van der Waals surface area contributed by atoms with Gasteiger partial charge in [0.25, 0.3) is 5.91 Å². The maximum absolute atomic E-state index is 14.2. The number of benzene rings is 1. The van der Waals surface area contributed by atoms with E-state index in [1.807, 2.05) is 70.0 Å². The maximum atomic E-state index is 14.2. The highest BCUT2D eigenvalue weighted by atomic mass is 32.1. The SMILES string of the molecule is CC[C@H](C)[C@H](NC(=O)[C@H]1CCCCN1C)C(=O)N(C)[C@H](C[C@@H](OC(C)=O)c1nc(C(=O)N[C@H](C=C(C)C(=O)O)Cc2ccccc2)cs1)C(C)C. The number of hydrogen-bond donors (Lipinski definition) is 3. The molecule has 2 heterocycles. The van der Waals surface area contributed by atoms with Crippen molar-refractivity contribution in [3.63, 3.8) is 0 Å². The molecule has 12 nitrogen and oxygen atoms in total. The summed E-state index contributed by atoms with van der Waals surface area (Å²) in [5.41, 5.74) is 1.12. The molecule has 1 aromatic carbocycles. The Morgan fingerprint density at radius 2 is 1.78 bits per heavy atom. The third-order valence-corrected chi connectivity index (χ3v) is 10.6. The molecule has 0 aliphatic carbocycles. The van der Waals surface area contributed by atoms with Crippen molar-refractivity contribution in [1.82, 2.24) is 25.4 Å². The quantitative estimate of drug-likeness (QED) is 0.151. The Morgan fingerprint density at radius 3 is 2.37 bits per heavy atom. The molecule has 280 valence electrons. The second-order valence-electron chi connectivity index (χ2n) is 14.0. The van der Waals surface area contributed by atoms with Crippen LogP contribution in [-0.4, -0.2) is 94.4 Å². The number of carboxylic acids is 1. The lowest BCUT2D eigenvalue weighted by molar-refractivity contribution is -0.149. The summed E-state index contributed by atoms with van der Waals surface area (Å²) in [7, 11) is 3.65. The average molecular weight is 726 g/mol. The lowest BCUT2D eigenvalue weighted by Gasteiger charge is -2.38. The number of aliphatic carboxylic acids is 1. The van der Waals surface area contributed by atoms with Crippen LogP contribution in [0.4, 0.5) is 0 Å². The van der Waals surface area contributed by atoms with Crippen LogP contribution in [-0.2, 0) is 30.3 Å². The second-order valence-corrected chi connectivity index (χ2v) is 14.8.